The van der Waals surface area contributed by atoms with Gasteiger partial charge in [-0.05, 0) is 35.9 Å². The van der Waals surface area contributed by atoms with E-state index >= 15 is 0 Å². The Balaban J connectivity index is 0.000000287. The van der Waals surface area contributed by atoms with Crippen LogP contribution in [0.4, 0.5) is 0 Å². The van der Waals surface area contributed by atoms with E-state index in [4.69, 9.17) is 28.8 Å². The zero-order valence-corrected chi connectivity index (χ0v) is 17.3. The lowest BCUT2D eigenvalue weighted by Gasteiger charge is -2.09. The molecule has 160 valence electrons. The molecule has 3 aromatic carbocycles. The number of benzene rings is 3. The Labute approximate surface area is 178 Å². The fourth-order valence-electron chi connectivity index (χ4n) is 2.89. The second-order valence-corrected chi connectivity index (χ2v) is 6.40. The summed E-state index contributed by atoms with van der Waals surface area (Å²) in [6.45, 7) is 0. The summed E-state index contributed by atoms with van der Waals surface area (Å²) in [6, 6.07) is 16.7. The number of phenols is 2. The highest BCUT2D eigenvalue weighted by atomic mass is 16.5. The molecule has 7 heteroatoms. The highest BCUT2D eigenvalue weighted by Gasteiger charge is 2.13. The molecular formula is C24H22O7. The number of hydrogen-bond acceptors (Lipinski definition) is 7. The molecule has 4 rings (SSSR count). The van der Waals surface area contributed by atoms with E-state index in [0.717, 1.165) is 11.3 Å². The van der Waals surface area contributed by atoms with Gasteiger partial charge in [0.2, 0.25) is 5.43 Å². The number of aromatic hydroxyl groups is 2. The van der Waals surface area contributed by atoms with E-state index in [1.165, 1.54) is 32.6 Å². The SMILES string of the molecule is COc1ccc(-c2coc3cc(OC)c(OC)cc3c2=O)cc1.Oc1ccccc1O. The minimum absolute atomic E-state index is 0.0764. The molecule has 0 saturated heterocycles. The molecule has 7 nitrogen and oxygen atoms in total. The van der Waals surface area contributed by atoms with Crippen LogP contribution in [0.15, 0.2) is 76.1 Å². The van der Waals surface area contributed by atoms with Gasteiger partial charge in [0.1, 0.15) is 17.6 Å². The van der Waals surface area contributed by atoms with Crippen LogP contribution in [0, 0.1) is 0 Å². The quantitative estimate of drug-likeness (QED) is 0.464. The minimum Gasteiger partial charge on any atom is -0.504 e. The molecule has 0 radical (unpaired) electrons. The molecule has 2 N–H and O–H groups in total. The van der Waals surface area contributed by atoms with Gasteiger partial charge in [0.25, 0.3) is 0 Å². The second kappa shape index (κ2) is 9.58. The van der Waals surface area contributed by atoms with Crippen molar-refractivity contribution in [1.29, 1.82) is 0 Å². The summed E-state index contributed by atoms with van der Waals surface area (Å²) < 4.78 is 21.2. The van der Waals surface area contributed by atoms with E-state index in [0.29, 0.717) is 28.0 Å². The second-order valence-electron chi connectivity index (χ2n) is 6.40. The molecule has 0 bridgehead atoms. The van der Waals surface area contributed by atoms with Gasteiger partial charge < -0.3 is 28.8 Å². The summed E-state index contributed by atoms with van der Waals surface area (Å²) in [5.74, 6) is 1.57. The molecule has 1 heterocycles. The summed E-state index contributed by atoms with van der Waals surface area (Å²) >= 11 is 0. The Kier molecular flexibility index (Phi) is 6.67. The third-order valence-corrected chi connectivity index (χ3v) is 4.56. The van der Waals surface area contributed by atoms with Crippen LogP contribution in [-0.4, -0.2) is 31.5 Å². The zero-order valence-electron chi connectivity index (χ0n) is 17.3. The van der Waals surface area contributed by atoms with Crippen molar-refractivity contribution < 1.29 is 28.8 Å². The third-order valence-electron chi connectivity index (χ3n) is 4.56. The first kappa shape index (κ1) is 21.6. The van der Waals surface area contributed by atoms with Crippen molar-refractivity contribution in [2.45, 2.75) is 0 Å². The van der Waals surface area contributed by atoms with E-state index in [9.17, 15) is 4.79 Å². The van der Waals surface area contributed by atoms with E-state index in [-0.39, 0.29) is 16.9 Å². The highest BCUT2D eigenvalue weighted by molar-refractivity contribution is 5.84. The monoisotopic (exact) mass is 422 g/mol. The molecule has 4 aromatic rings. The predicted molar refractivity (Wildman–Crippen MR) is 117 cm³/mol. The minimum atomic E-state index is -0.127. The van der Waals surface area contributed by atoms with Crippen LogP contribution >= 0.6 is 0 Å². The normalized spacial score (nSPS) is 10.2. The molecule has 0 aliphatic rings. The standard InChI is InChI=1S/C18H16O5.C6H6O2/c1-20-12-6-4-11(5-7-12)14-10-23-15-9-17(22-3)16(21-2)8-13(15)18(14)19;7-5-3-1-2-4-6(5)8/h4-10H,1-3H3;1-4,7-8H. The van der Waals surface area contributed by atoms with Crippen LogP contribution < -0.4 is 19.6 Å². The first-order valence-electron chi connectivity index (χ1n) is 9.27. The van der Waals surface area contributed by atoms with Gasteiger partial charge in [0, 0.05) is 6.07 Å². The first-order chi connectivity index (χ1) is 15.0. The molecule has 0 aliphatic carbocycles. The lowest BCUT2D eigenvalue weighted by atomic mass is 10.1. The summed E-state index contributed by atoms with van der Waals surface area (Å²) in [5, 5.41) is 17.8. The van der Waals surface area contributed by atoms with Gasteiger partial charge in [-0.3, -0.25) is 4.79 Å². The molecule has 1 aromatic heterocycles. The summed E-state index contributed by atoms with van der Waals surface area (Å²) in [6.07, 6.45) is 1.46. The number of para-hydroxylation sites is 2. The average molecular weight is 422 g/mol. The fourth-order valence-corrected chi connectivity index (χ4v) is 2.89. The smallest absolute Gasteiger partial charge is 0.200 e. The fraction of sp³-hybridized carbons (Fsp3) is 0.125. The van der Waals surface area contributed by atoms with Gasteiger partial charge in [0.05, 0.1) is 32.3 Å². The van der Waals surface area contributed by atoms with Crippen molar-refractivity contribution in [1.82, 2.24) is 0 Å². The molecule has 0 aliphatic heterocycles. The van der Waals surface area contributed by atoms with Crippen molar-refractivity contribution in [3.63, 3.8) is 0 Å². The van der Waals surface area contributed by atoms with Crippen molar-refractivity contribution in [2.75, 3.05) is 21.3 Å². The van der Waals surface area contributed by atoms with E-state index in [2.05, 4.69) is 0 Å². The van der Waals surface area contributed by atoms with Crippen molar-refractivity contribution in [2.24, 2.45) is 0 Å². The van der Waals surface area contributed by atoms with Crippen LogP contribution in [0.25, 0.3) is 22.1 Å². The van der Waals surface area contributed by atoms with Gasteiger partial charge in [-0.2, -0.15) is 0 Å². The predicted octanol–water partition coefficient (Wildman–Crippen LogP) is 4.58. The van der Waals surface area contributed by atoms with Crippen LogP contribution in [-0.2, 0) is 0 Å². The number of phenolic OH excluding ortho intramolecular Hbond substituents is 2. The Hall–Kier alpha value is -4.13. The molecule has 0 spiro atoms. The molecule has 0 atom stereocenters. The van der Waals surface area contributed by atoms with E-state index < -0.39 is 0 Å². The van der Waals surface area contributed by atoms with Crippen LogP contribution in [0.1, 0.15) is 0 Å². The summed E-state index contributed by atoms with van der Waals surface area (Å²) in [7, 11) is 4.66. The van der Waals surface area contributed by atoms with Gasteiger partial charge in [-0.1, -0.05) is 24.3 Å². The highest BCUT2D eigenvalue weighted by Crippen LogP contribution is 2.32. The van der Waals surface area contributed by atoms with Gasteiger partial charge in [0.15, 0.2) is 23.0 Å². The Bertz CT molecular complexity index is 1210. The van der Waals surface area contributed by atoms with Crippen LogP contribution in [0.2, 0.25) is 0 Å². The third kappa shape index (κ3) is 4.72. The molecule has 0 amide bonds. The lowest BCUT2D eigenvalue weighted by molar-refractivity contribution is 0.355. The maximum absolute atomic E-state index is 12.8. The van der Waals surface area contributed by atoms with Crippen molar-refractivity contribution in [3.05, 3.63) is 77.2 Å². The number of hydrogen-bond donors (Lipinski definition) is 2. The lowest BCUT2D eigenvalue weighted by Crippen LogP contribution is -2.05. The van der Waals surface area contributed by atoms with E-state index in [1.807, 2.05) is 12.1 Å². The van der Waals surface area contributed by atoms with Crippen LogP contribution in [0.5, 0.6) is 28.7 Å². The first-order valence-corrected chi connectivity index (χ1v) is 9.27. The molecule has 0 fully saturated rings. The maximum atomic E-state index is 12.8. The Morgan fingerprint density at radius 2 is 1.35 bits per heavy atom. The average Bonchev–Trinajstić information content (AvgIpc) is 2.81. The van der Waals surface area contributed by atoms with Gasteiger partial charge >= 0.3 is 0 Å². The largest absolute Gasteiger partial charge is 0.504 e. The molecular weight excluding hydrogens is 400 g/mol. The zero-order chi connectivity index (χ0) is 22.4. The van der Waals surface area contributed by atoms with E-state index in [1.54, 1.807) is 43.5 Å². The van der Waals surface area contributed by atoms with Crippen molar-refractivity contribution >= 4 is 11.0 Å². The number of methoxy groups -OCH3 is 3. The van der Waals surface area contributed by atoms with Gasteiger partial charge in [-0.25, -0.2) is 0 Å². The summed E-state index contributed by atoms with van der Waals surface area (Å²) in [4.78, 5) is 12.8. The van der Waals surface area contributed by atoms with Crippen molar-refractivity contribution in [3.8, 4) is 39.9 Å². The number of ether oxygens (including phenoxy) is 3. The molecule has 0 saturated carbocycles. The maximum Gasteiger partial charge on any atom is 0.200 e. The van der Waals surface area contributed by atoms with Gasteiger partial charge in [-0.15, -0.1) is 0 Å². The summed E-state index contributed by atoms with van der Waals surface area (Å²) in [5.41, 5.74) is 1.56. The molecule has 31 heavy (non-hydrogen) atoms. The number of rotatable bonds is 4. The Morgan fingerprint density at radius 3 is 1.87 bits per heavy atom. The topological polar surface area (TPSA) is 98.4 Å². The van der Waals surface area contributed by atoms with Crippen LogP contribution in [0.3, 0.4) is 0 Å². The Morgan fingerprint density at radius 1 is 0.774 bits per heavy atom. The number of fused-ring (bicyclic) bond motifs is 1. The molecule has 0 unspecified atom stereocenters.